The van der Waals surface area contributed by atoms with Gasteiger partial charge in [0.1, 0.15) is 0 Å². The maximum absolute atomic E-state index is 7.40. The van der Waals surface area contributed by atoms with E-state index in [4.69, 9.17) is 11.1 Å². The lowest BCUT2D eigenvalue weighted by molar-refractivity contribution is 1.16. The molecule has 0 spiro atoms. The summed E-state index contributed by atoms with van der Waals surface area (Å²) in [6, 6.07) is 29.6. The topological polar surface area (TPSA) is 0 Å². The molecule has 0 unspecified atom stereocenters. The first-order valence-electron chi connectivity index (χ1n) is 9.27. The Balaban J connectivity index is 1.86. The van der Waals surface area contributed by atoms with Crippen molar-refractivity contribution in [3.63, 3.8) is 0 Å². The van der Waals surface area contributed by atoms with Crippen LogP contribution in [0.15, 0.2) is 72.8 Å². The Kier molecular flexibility index (Phi) is 6.00. The van der Waals surface area contributed by atoms with Gasteiger partial charge in [0.2, 0.25) is 0 Å². The van der Waals surface area contributed by atoms with Gasteiger partial charge in [-0.1, -0.05) is 89.5 Å². The summed E-state index contributed by atoms with van der Waals surface area (Å²) in [6.45, 7) is 6.40. The number of benzene rings is 3. The van der Waals surface area contributed by atoms with Gasteiger partial charge in [0, 0.05) is 0 Å². The summed E-state index contributed by atoms with van der Waals surface area (Å²) in [5.74, 6) is 0. The highest BCUT2D eigenvalue weighted by Crippen LogP contribution is 2.26. The van der Waals surface area contributed by atoms with E-state index >= 15 is 0 Å². The summed E-state index contributed by atoms with van der Waals surface area (Å²) in [6.07, 6.45) is 0. The Morgan fingerprint density at radius 1 is 0.500 bits per heavy atom. The minimum absolute atomic E-state index is 0.997. The molecular formula is C24H27ClSi. The summed E-state index contributed by atoms with van der Waals surface area (Å²) in [7, 11) is -2.05. The van der Waals surface area contributed by atoms with Crippen LogP contribution in [0.1, 0.15) is 33.4 Å². The second-order valence-electron chi connectivity index (χ2n) is 7.64. The maximum Gasteiger partial charge on any atom is 0.169 e. The predicted molar refractivity (Wildman–Crippen MR) is 116 cm³/mol. The molecule has 0 nitrogen and oxygen atoms in total. The van der Waals surface area contributed by atoms with Crippen LogP contribution in [0.2, 0.25) is 0 Å². The van der Waals surface area contributed by atoms with Crippen LogP contribution in [-0.2, 0) is 18.1 Å². The van der Waals surface area contributed by atoms with Crippen LogP contribution in [0.5, 0.6) is 0 Å². The number of hydrogen-bond donors (Lipinski definition) is 0. The normalized spacial score (nSPS) is 11.5. The van der Waals surface area contributed by atoms with Crippen LogP contribution in [0.4, 0.5) is 0 Å². The van der Waals surface area contributed by atoms with E-state index in [1.807, 2.05) is 0 Å². The molecule has 0 saturated carbocycles. The minimum atomic E-state index is -2.05. The number of aryl methyl sites for hydroxylation is 3. The van der Waals surface area contributed by atoms with Crippen molar-refractivity contribution in [2.75, 3.05) is 0 Å². The van der Waals surface area contributed by atoms with Gasteiger partial charge in [-0.15, -0.1) is 0 Å². The van der Waals surface area contributed by atoms with Crippen molar-refractivity contribution in [2.45, 2.75) is 38.9 Å². The van der Waals surface area contributed by atoms with Gasteiger partial charge in [0.25, 0.3) is 0 Å². The predicted octanol–water partition coefficient (Wildman–Crippen LogP) is 6.44. The molecule has 3 rings (SSSR count). The van der Waals surface area contributed by atoms with E-state index in [0.717, 1.165) is 18.1 Å². The fraction of sp³-hybridized carbons (Fsp3) is 0.250. The summed E-state index contributed by atoms with van der Waals surface area (Å²) < 4.78 is 0. The van der Waals surface area contributed by atoms with Crippen molar-refractivity contribution in [3.8, 4) is 0 Å². The van der Waals surface area contributed by atoms with Gasteiger partial charge in [-0.2, -0.15) is 11.1 Å². The van der Waals surface area contributed by atoms with Crippen molar-refractivity contribution in [1.82, 2.24) is 0 Å². The average molecular weight is 379 g/mol. The highest BCUT2D eigenvalue weighted by Gasteiger charge is 2.32. The van der Waals surface area contributed by atoms with Crippen LogP contribution in [0.3, 0.4) is 0 Å². The van der Waals surface area contributed by atoms with E-state index in [0.29, 0.717) is 0 Å². The van der Waals surface area contributed by atoms with Crippen molar-refractivity contribution in [2.24, 2.45) is 0 Å². The van der Waals surface area contributed by atoms with Crippen LogP contribution < -0.4 is 0 Å². The quantitative estimate of drug-likeness (QED) is 0.342. The van der Waals surface area contributed by atoms with Crippen molar-refractivity contribution >= 4 is 18.5 Å². The monoisotopic (exact) mass is 378 g/mol. The van der Waals surface area contributed by atoms with Crippen molar-refractivity contribution in [1.29, 1.82) is 0 Å². The zero-order valence-corrected chi connectivity index (χ0v) is 17.7. The highest BCUT2D eigenvalue weighted by molar-refractivity contribution is 7.19. The minimum Gasteiger partial charge on any atom is -0.166 e. The molecule has 0 saturated heterocycles. The van der Waals surface area contributed by atoms with Gasteiger partial charge in [0.15, 0.2) is 7.38 Å². The molecule has 0 aliphatic heterocycles. The summed E-state index contributed by atoms with van der Waals surface area (Å²) in [4.78, 5) is 0. The van der Waals surface area contributed by atoms with Gasteiger partial charge in [-0.25, -0.2) is 0 Å². The molecule has 3 aromatic rings. The first kappa shape index (κ1) is 18.9. The van der Waals surface area contributed by atoms with E-state index < -0.39 is 7.38 Å². The molecule has 0 N–H and O–H groups in total. The molecule has 0 aliphatic rings. The van der Waals surface area contributed by atoms with Crippen molar-refractivity contribution in [3.05, 3.63) is 106 Å². The largest absolute Gasteiger partial charge is 0.169 e. The molecule has 0 radical (unpaired) electrons. The third kappa shape index (κ3) is 5.33. The fourth-order valence-electron chi connectivity index (χ4n) is 3.40. The van der Waals surface area contributed by atoms with Gasteiger partial charge in [-0.05, 0) is 55.6 Å². The van der Waals surface area contributed by atoms with Gasteiger partial charge in [0.05, 0.1) is 0 Å². The summed E-state index contributed by atoms with van der Waals surface area (Å²) >= 11 is 7.40. The van der Waals surface area contributed by atoms with Crippen LogP contribution in [0.25, 0.3) is 0 Å². The maximum atomic E-state index is 7.40. The Morgan fingerprint density at radius 3 is 0.962 bits per heavy atom. The Hall–Kier alpha value is -1.83. The van der Waals surface area contributed by atoms with E-state index in [-0.39, 0.29) is 0 Å². The third-order valence-electron chi connectivity index (χ3n) is 4.92. The molecule has 0 atom stereocenters. The van der Waals surface area contributed by atoms with Gasteiger partial charge < -0.3 is 0 Å². The van der Waals surface area contributed by atoms with E-state index in [2.05, 4.69) is 93.6 Å². The Labute approximate surface area is 163 Å². The molecule has 0 bridgehead atoms. The summed E-state index contributed by atoms with van der Waals surface area (Å²) in [5, 5.41) is 0. The van der Waals surface area contributed by atoms with E-state index in [9.17, 15) is 0 Å². The molecule has 134 valence electrons. The lowest BCUT2D eigenvalue weighted by Crippen LogP contribution is -2.37. The first-order valence-corrected chi connectivity index (χ1v) is 12.9. The molecule has 3 aromatic carbocycles. The molecule has 2 heteroatoms. The molecule has 0 aromatic heterocycles. The number of halogens is 1. The summed E-state index contributed by atoms with van der Waals surface area (Å²) in [5.41, 5.74) is 7.97. The zero-order chi connectivity index (χ0) is 18.6. The second kappa shape index (κ2) is 8.24. The SMILES string of the molecule is Cc1ccc(C[Si](Cl)(Cc2ccc(C)cc2)Cc2ccc(C)cc2)cc1. The van der Waals surface area contributed by atoms with E-state index in [1.165, 1.54) is 33.4 Å². The Bertz CT molecular complexity index is 717. The van der Waals surface area contributed by atoms with Gasteiger partial charge in [-0.3, -0.25) is 0 Å². The number of hydrogen-bond acceptors (Lipinski definition) is 0. The molecule has 0 amide bonds. The molecule has 0 fully saturated rings. The smallest absolute Gasteiger partial charge is 0.166 e. The van der Waals surface area contributed by atoms with E-state index in [1.54, 1.807) is 0 Å². The number of rotatable bonds is 6. The lowest BCUT2D eigenvalue weighted by Gasteiger charge is -2.25. The fourth-order valence-corrected chi connectivity index (χ4v) is 8.07. The van der Waals surface area contributed by atoms with Crippen molar-refractivity contribution < 1.29 is 0 Å². The second-order valence-corrected chi connectivity index (χ2v) is 13.4. The van der Waals surface area contributed by atoms with Crippen LogP contribution in [-0.4, -0.2) is 7.38 Å². The molecule has 0 heterocycles. The highest BCUT2D eigenvalue weighted by atomic mass is 35.6. The Morgan fingerprint density at radius 2 is 0.731 bits per heavy atom. The average Bonchev–Trinajstić information content (AvgIpc) is 2.61. The first-order chi connectivity index (χ1) is 12.4. The zero-order valence-electron chi connectivity index (χ0n) is 15.9. The molecule has 0 aliphatic carbocycles. The third-order valence-corrected chi connectivity index (χ3v) is 9.25. The van der Waals surface area contributed by atoms with Crippen LogP contribution >= 0.6 is 11.1 Å². The van der Waals surface area contributed by atoms with Gasteiger partial charge >= 0.3 is 0 Å². The molecule has 26 heavy (non-hydrogen) atoms. The standard InChI is InChI=1S/C24H27ClSi/c1-19-4-10-22(11-5-19)16-26(25,17-23-12-6-20(2)7-13-23)18-24-14-8-21(3)9-15-24/h4-15H,16-18H2,1-3H3. The van der Waals surface area contributed by atoms with Crippen LogP contribution in [0, 0.1) is 20.8 Å². The molecular weight excluding hydrogens is 352 g/mol. The lowest BCUT2D eigenvalue weighted by atomic mass is 10.2.